The van der Waals surface area contributed by atoms with E-state index < -0.39 is 29.3 Å². The molecule has 0 N–H and O–H groups in total. The highest BCUT2D eigenvalue weighted by Crippen LogP contribution is 2.33. The molecule has 0 aromatic carbocycles. The molecule has 0 aromatic rings. The summed E-state index contributed by atoms with van der Waals surface area (Å²) < 4.78 is 15.7. The van der Waals surface area contributed by atoms with Gasteiger partial charge in [-0.3, -0.25) is 0 Å². The second kappa shape index (κ2) is 7.26. The van der Waals surface area contributed by atoms with Crippen LogP contribution in [0.5, 0.6) is 0 Å². The molecular weight excluding hydrogens is 300 g/mol. The third-order valence-electron chi connectivity index (χ3n) is 3.06. The fraction of sp³-hybridized carbons (Fsp3) is 0.471. The molecule has 0 aromatic heterocycles. The minimum atomic E-state index is -1.88. The maximum Gasteiger partial charge on any atom is 0.336 e. The summed E-state index contributed by atoms with van der Waals surface area (Å²) in [5.74, 6) is -4.17. The van der Waals surface area contributed by atoms with E-state index in [4.69, 9.17) is 14.2 Å². The Balaban J connectivity index is 5.71. The Hall–Kier alpha value is -2.37. The quantitative estimate of drug-likeness (QED) is 0.407. The summed E-state index contributed by atoms with van der Waals surface area (Å²) >= 11 is 0. The van der Waals surface area contributed by atoms with E-state index in [2.05, 4.69) is 19.7 Å². The summed E-state index contributed by atoms with van der Waals surface area (Å²) in [5, 5.41) is 0. The third-order valence-corrected chi connectivity index (χ3v) is 3.06. The van der Waals surface area contributed by atoms with Crippen LogP contribution in [-0.4, -0.2) is 29.3 Å². The topological polar surface area (TPSA) is 78.9 Å². The van der Waals surface area contributed by atoms with Crippen molar-refractivity contribution < 1.29 is 28.6 Å². The highest BCUT2D eigenvalue weighted by molar-refractivity contribution is 5.89. The maximum atomic E-state index is 11.9. The summed E-state index contributed by atoms with van der Waals surface area (Å²) in [6.45, 7) is 19.0. The van der Waals surface area contributed by atoms with Gasteiger partial charge in [0.2, 0.25) is 0 Å². The number of ether oxygens (including phenoxy) is 3. The van der Waals surface area contributed by atoms with Crippen LogP contribution in [0.25, 0.3) is 0 Å². The van der Waals surface area contributed by atoms with Crippen molar-refractivity contribution in [3.63, 3.8) is 0 Å². The molecule has 0 bridgehead atoms. The van der Waals surface area contributed by atoms with Gasteiger partial charge in [-0.2, -0.15) is 0 Å². The summed E-state index contributed by atoms with van der Waals surface area (Å²) in [6.07, 6.45) is 0. The van der Waals surface area contributed by atoms with Gasteiger partial charge in [-0.25, -0.2) is 14.4 Å². The molecule has 0 spiro atoms. The van der Waals surface area contributed by atoms with Crippen molar-refractivity contribution in [2.75, 3.05) is 0 Å². The first-order chi connectivity index (χ1) is 10.2. The lowest BCUT2D eigenvalue weighted by atomic mass is 9.98. The zero-order valence-electron chi connectivity index (χ0n) is 14.6. The van der Waals surface area contributed by atoms with Crippen LogP contribution >= 0.6 is 0 Å². The van der Waals surface area contributed by atoms with Crippen molar-refractivity contribution in [1.29, 1.82) is 0 Å². The van der Waals surface area contributed by atoms with Gasteiger partial charge in [0.1, 0.15) is 0 Å². The first-order valence-corrected chi connectivity index (χ1v) is 6.90. The Kier molecular flexibility index (Phi) is 6.51. The number of esters is 3. The van der Waals surface area contributed by atoms with Gasteiger partial charge in [0.25, 0.3) is 5.79 Å². The van der Waals surface area contributed by atoms with Crippen molar-refractivity contribution in [2.45, 2.75) is 52.9 Å². The normalized spacial score (nSPS) is 11.2. The molecule has 6 heteroatoms. The fourth-order valence-electron chi connectivity index (χ4n) is 1.21. The molecule has 0 saturated heterocycles. The van der Waals surface area contributed by atoms with Gasteiger partial charge in [0, 0.05) is 23.6 Å². The number of carbonyl (C=O) groups excluding carboxylic acids is 3. The minimum absolute atomic E-state index is 0.102. The lowest BCUT2D eigenvalue weighted by Gasteiger charge is -2.41. The van der Waals surface area contributed by atoms with Gasteiger partial charge in [-0.15, -0.1) is 0 Å². The second-order valence-electron chi connectivity index (χ2n) is 5.97. The zero-order chi connectivity index (χ0) is 18.6. The first-order valence-electron chi connectivity index (χ1n) is 6.90. The van der Waals surface area contributed by atoms with E-state index in [1.165, 1.54) is 41.5 Å². The molecule has 0 radical (unpaired) electrons. The highest BCUT2D eigenvalue weighted by atomic mass is 16.8. The smallest absolute Gasteiger partial charge is 0.336 e. The molecule has 23 heavy (non-hydrogen) atoms. The van der Waals surface area contributed by atoms with E-state index in [9.17, 15) is 14.4 Å². The predicted molar refractivity (Wildman–Crippen MR) is 85.2 cm³/mol. The van der Waals surface area contributed by atoms with Crippen LogP contribution in [0.1, 0.15) is 41.5 Å². The number of hydrogen-bond acceptors (Lipinski definition) is 6. The van der Waals surface area contributed by atoms with Gasteiger partial charge in [0.15, 0.2) is 5.60 Å². The molecule has 128 valence electrons. The Labute approximate surface area is 136 Å². The SMILES string of the molecule is C=C(C)C(=O)OC(C)(C)C(C)(OC(=O)C(=C)C)OC(=O)C(=C)C. The Morgan fingerprint density at radius 3 is 1.17 bits per heavy atom. The third kappa shape index (κ3) is 5.39. The van der Waals surface area contributed by atoms with Crippen molar-refractivity contribution >= 4 is 17.9 Å². The van der Waals surface area contributed by atoms with E-state index in [0.717, 1.165) is 0 Å². The van der Waals surface area contributed by atoms with Gasteiger partial charge in [-0.05, 0) is 34.6 Å². The van der Waals surface area contributed by atoms with E-state index in [-0.39, 0.29) is 16.7 Å². The monoisotopic (exact) mass is 324 g/mol. The van der Waals surface area contributed by atoms with Crippen LogP contribution in [0.15, 0.2) is 36.5 Å². The van der Waals surface area contributed by atoms with Crippen molar-refractivity contribution in [2.24, 2.45) is 0 Å². The summed E-state index contributed by atoms with van der Waals surface area (Å²) in [6, 6.07) is 0. The lowest BCUT2D eigenvalue weighted by molar-refractivity contribution is -0.278. The van der Waals surface area contributed by atoms with Crippen molar-refractivity contribution in [1.82, 2.24) is 0 Å². The lowest BCUT2D eigenvalue weighted by Crippen LogP contribution is -2.56. The molecule has 0 unspecified atom stereocenters. The van der Waals surface area contributed by atoms with Crippen LogP contribution in [-0.2, 0) is 28.6 Å². The molecular formula is C17H24O6. The van der Waals surface area contributed by atoms with Crippen LogP contribution in [0.3, 0.4) is 0 Å². The summed E-state index contributed by atoms with van der Waals surface area (Å²) in [4.78, 5) is 35.6. The number of carbonyl (C=O) groups is 3. The molecule has 0 amide bonds. The average molecular weight is 324 g/mol. The van der Waals surface area contributed by atoms with Crippen molar-refractivity contribution in [3.8, 4) is 0 Å². The van der Waals surface area contributed by atoms with Crippen LogP contribution in [0, 0.1) is 0 Å². The molecule has 0 aliphatic carbocycles. The molecule has 6 nitrogen and oxygen atoms in total. The van der Waals surface area contributed by atoms with Gasteiger partial charge >= 0.3 is 17.9 Å². The van der Waals surface area contributed by atoms with E-state index in [1.54, 1.807) is 0 Å². The van der Waals surface area contributed by atoms with E-state index in [1.807, 2.05) is 0 Å². The van der Waals surface area contributed by atoms with E-state index in [0.29, 0.717) is 0 Å². The summed E-state index contributed by atoms with van der Waals surface area (Å²) in [7, 11) is 0. The van der Waals surface area contributed by atoms with Crippen LogP contribution in [0.2, 0.25) is 0 Å². The average Bonchev–Trinajstić information content (AvgIpc) is 2.37. The summed E-state index contributed by atoms with van der Waals surface area (Å²) in [5.41, 5.74) is -1.13. The Bertz CT molecular complexity index is 540. The number of hydrogen-bond donors (Lipinski definition) is 0. The largest absolute Gasteiger partial charge is 0.448 e. The molecule has 0 heterocycles. The molecule has 0 aliphatic heterocycles. The molecule has 0 fully saturated rings. The van der Waals surface area contributed by atoms with Crippen LogP contribution < -0.4 is 0 Å². The maximum absolute atomic E-state index is 11.9. The predicted octanol–water partition coefficient (Wildman–Crippen LogP) is 2.84. The first kappa shape index (κ1) is 20.6. The molecule has 0 saturated carbocycles. The fourth-order valence-corrected chi connectivity index (χ4v) is 1.21. The van der Waals surface area contributed by atoms with E-state index >= 15 is 0 Å². The van der Waals surface area contributed by atoms with Gasteiger partial charge in [0.05, 0.1) is 0 Å². The highest BCUT2D eigenvalue weighted by Gasteiger charge is 2.52. The van der Waals surface area contributed by atoms with Gasteiger partial charge < -0.3 is 14.2 Å². The van der Waals surface area contributed by atoms with Crippen molar-refractivity contribution in [3.05, 3.63) is 36.5 Å². The second-order valence-corrected chi connectivity index (χ2v) is 5.97. The molecule has 0 aliphatic rings. The van der Waals surface area contributed by atoms with Gasteiger partial charge in [-0.1, -0.05) is 19.7 Å². The molecule has 0 atom stereocenters. The Morgan fingerprint density at radius 2 is 0.913 bits per heavy atom. The standard InChI is InChI=1S/C17H24O6/c1-10(2)13(18)21-16(7,8)17(9,22-14(19)11(3)4)23-15(20)12(5)6/h1,3,5H2,2,4,6-9H3. The molecule has 0 rings (SSSR count). The Morgan fingerprint density at radius 1 is 0.652 bits per heavy atom. The van der Waals surface area contributed by atoms with Crippen LogP contribution in [0.4, 0.5) is 0 Å². The minimum Gasteiger partial charge on any atom is -0.448 e. The number of rotatable bonds is 7. The zero-order valence-corrected chi connectivity index (χ0v) is 14.6.